The highest BCUT2D eigenvalue weighted by atomic mass is 32.1. The van der Waals surface area contributed by atoms with Crippen LogP contribution in [-0.2, 0) is 13.0 Å². The number of piperidine rings is 1. The Labute approximate surface area is 114 Å². The van der Waals surface area contributed by atoms with Crippen LogP contribution in [0, 0.1) is 5.41 Å². The van der Waals surface area contributed by atoms with Crippen molar-refractivity contribution in [2.45, 2.75) is 52.6 Å². The molecule has 2 rings (SSSR count). The summed E-state index contributed by atoms with van der Waals surface area (Å²) in [6, 6.07) is 0.333. The van der Waals surface area contributed by atoms with Crippen molar-refractivity contribution in [2.75, 3.05) is 13.1 Å². The number of hydrogen-bond donors (Lipinski definition) is 1. The molecular weight excluding hydrogens is 242 g/mol. The van der Waals surface area contributed by atoms with E-state index < -0.39 is 0 Å². The normalized spacial score (nSPS) is 24.3. The SMILES string of the molecule is CCCc1nc(CN2CCC(N)C(C)(C)C2)cs1. The summed E-state index contributed by atoms with van der Waals surface area (Å²) in [6.07, 6.45) is 3.39. The first-order chi connectivity index (χ1) is 8.51. The molecule has 1 aromatic rings. The Balaban J connectivity index is 1.93. The predicted molar refractivity (Wildman–Crippen MR) is 77.8 cm³/mol. The number of aromatic nitrogens is 1. The van der Waals surface area contributed by atoms with E-state index in [1.807, 2.05) is 0 Å². The van der Waals surface area contributed by atoms with Crippen molar-refractivity contribution in [3.8, 4) is 0 Å². The maximum absolute atomic E-state index is 6.17. The second kappa shape index (κ2) is 5.68. The summed E-state index contributed by atoms with van der Waals surface area (Å²) in [4.78, 5) is 7.20. The fourth-order valence-corrected chi connectivity index (χ4v) is 3.49. The number of likely N-dealkylation sites (tertiary alicyclic amines) is 1. The molecule has 0 amide bonds. The van der Waals surface area contributed by atoms with Crippen LogP contribution in [0.1, 0.15) is 44.3 Å². The highest BCUT2D eigenvalue weighted by Crippen LogP contribution is 2.28. The molecule has 1 saturated heterocycles. The van der Waals surface area contributed by atoms with Crippen molar-refractivity contribution in [1.29, 1.82) is 0 Å². The minimum Gasteiger partial charge on any atom is -0.327 e. The van der Waals surface area contributed by atoms with Crippen LogP contribution in [0.15, 0.2) is 5.38 Å². The molecule has 1 unspecified atom stereocenters. The Kier molecular flexibility index (Phi) is 4.41. The topological polar surface area (TPSA) is 42.2 Å². The number of rotatable bonds is 4. The predicted octanol–water partition coefficient (Wildman–Crippen LogP) is 2.65. The number of aryl methyl sites for hydroxylation is 1. The van der Waals surface area contributed by atoms with Gasteiger partial charge in [-0.2, -0.15) is 0 Å². The first-order valence-corrected chi connectivity index (χ1v) is 7.80. The molecule has 18 heavy (non-hydrogen) atoms. The van der Waals surface area contributed by atoms with Gasteiger partial charge in [-0.1, -0.05) is 20.8 Å². The molecule has 3 nitrogen and oxygen atoms in total. The summed E-state index contributed by atoms with van der Waals surface area (Å²) in [5.74, 6) is 0. The lowest BCUT2D eigenvalue weighted by molar-refractivity contribution is 0.0890. The molecule has 0 saturated carbocycles. The second-order valence-corrected chi connectivity index (χ2v) is 7.02. The standard InChI is InChI=1S/C14H25N3S/c1-4-5-13-16-11(9-18-13)8-17-7-6-12(15)14(2,3)10-17/h9,12H,4-8,10,15H2,1-3H3. The quantitative estimate of drug-likeness (QED) is 0.912. The van der Waals surface area contributed by atoms with Gasteiger partial charge in [-0.25, -0.2) is 4.98 Å². The van der Waals surface area contributed by atoms with Crippen LogP contribution >= 0.6 is 11.3 Å². The van der Waals surface area contributed by atoms with E-state index in [9.17, 15) is 0 Å². The van der Waals surface area contributed by atoms with Crippen LogP contribution in [0.3, 0.4) is 0 Å². The van der Waals surface area contributed by atoms with Crippen molar-refractivity contribution in [1.82, 2.24) is 9.88 Å². The molecule has 2 heterocycles. The monoisotopic (exact) mass is 267 g/mol. The van der Waals surface area contributed by atoms with Gasteiger partial charge in [-0.05, 0) is 24.7 Å². The molecule has 0 spiro atoms. The average Bonchev–Trinajstić information content (AvgIpc) is 2.71. The van der Waals surface area contributed by atoms with Crippen molar-refractivity contribution < 1.29 is 0 Å². The highest BCUT2D eigenvalue weighted by molar-refractivity contribution is 7.09. The maximum atomic E-state index is 6.17. The third-order valence-corrected chi connectivity index (χ3v) is 4.80. The third-order valence-electron chi connectivity index (χ3n) is 3.84. The first-order valence-electron chi connectivity index (χ1n) is 6.92. The summed E-state index contributed by atoms with van der Waals surface area (Å²) >= 11 is 1.80. The van der Waals surface area contributed by atoms with Gasteiger partial charge < -0.3 is 5.73 Å². The zero-order chi connectivity index (χ0) is 13.2. The van der Waals surface area contributed by atoms with E-state index in [0.717, 1.165) is 32.5 Å². The van der Waals surface area contributed by atoms with E-state index in [0.29, 0.717) is 6.04 Å². The van der Waals surface area contributed by atoms with Gasteiger partial charge in [0.05, 0.1) is 10.7 Å². The van der Waals surface area contributed by atoms with Crippen molar-refractivity contribution >= 4 is 11.3 Å². The Morgan fingerprint density at radius 3 is 3.00 bits per heavy atom. The van der Waals surface area contributed by atoms with Crippen LogP contribution in [0.25, 0.3) is 0 Å². The fourth-order valence-electron chi connectivity index (χ4n) is 2.60. The molecule has 0 aromatic carbocycles. The zero-order valence-electron chi connectivity index (χ0n) is 11.8. The molecular formula is C14H25N3S. The minimum atomic E-state index is 0.223. The van der Waals surface area contributed by atoms with Gasteiger partial charge in [0.25, 0.3) is 0 Å². The van der Waals surface area contributed by atoms with Gasteiger partial charge in [0.1, 0.15) is 0 Å². The number of hydrogen-bond acceptors (Lipinski definition) is 4. The molecule has 102 valence electrons. The lowest BCUT2D eigenvalue weighted by Crippen LogP contribution is -2.52. The van der Waals surface area contributed by atoms with Gasteiger partial charge in [-0.15, -0.1) is 11.3 Å². The van der Waals surface area contributed by atoms with Crippen molar-refractivity contribution in [3.63, 3.8) is 0 Å². The minimum absolute atomic E-state index is 0.223. The Morgan fingerprint density at radius 1 is 1.56 bits per heavy atom. The van der Waals surface area contributed by atoms with Gasteiger partial charge in [0, 0.05) is 31.1 Å². The van der Waals surface area contributed by atoms with E-state index in [4.69, 9.17) is 10.7 Å². The Morgan fingerprint density at radius 2 is 2.33 bits per heavy atom. The van der Waals surface area contributed by atoms with Crippen molar-refractivity contribution in [2.24, 2.45) is 11.1 Å². The van der Waals surface area contributed by atoms with E-state index in [2.05, 4.69) is 31.1 Å². The zero-order valence-corrected chi connectivity index (χ0v) is 12.6. The molecule has 1 aromatic heterocycles. The van der Waals surface area contributed by atoms with Crippen LogP contribution in [-0.4, -0.2) is 29.0 Å². The third kappa shape index (κ3) is 3.31. The van der Waals surface area contributed by atoms with Gasteiger partial charge >= 0.3 is 0 Å². The molecule has 1 atom stereocenters. The largest absolute Gasteiger partial charge is 0.327 e. The summed E-state index contributed by atoms with van der Waals surface area (Å²) in [5.41, 5.74) is 7.63. The highest BCUT2D eigenvalue weighted by Gasteiger charge is 2.33. The molecule has 0 aliphatic carbocycles. The van der Waals surface area contributed by atoms with E-state index >= 15 is 0 Å². The number of nitrogens with zero attached hydrogens (tertiary/aromatic N) is 2. The summed E-state index contributed by atoms with van der Waals surface area (Å²) in [7, 11) is 0. The molecule has 1 aliphatic rings. The van der Waals surface area contributed by atoms with Crippen LogP contribution < -0.4 is 5.73 Å². The van der Waals surface area contributed by atoms with Gasteiger partial charge in [0.2, 0.25) is 0 Å². The summed E-state index contributed by atoms with van der Waals surface area (Å²) in [5, 5.41) is 3.49. The number of nitrogens with two attached hydrogens (primary N) is 1. The molecule has 0 radical (unpaired) electrons. The van der Waals surface area contributed by atoms with Crippen LogP contribution in [0.4, 0.5) is 0 Å². The summed E-state index contributed by atoms with van der Waals surface area (Å²) < 4.78 is 0. The van der Waals surface area contributed by atoms with E-state index in [-0.39, 0.29) is 5.41 Å². The molecule has 2 N–H and O–H groups in total. The van der Waals surface area contributed by atoms with Gasteiger partial charge in [0.15, 0.2) is 0 Å². The number of thiazole rings is 1. The Bertz CT molecular complexity index is 386. The van der Waals surface area contributed by atoms with Crippen LogP contribution in [0.2, 0.25) is 0 Å². The Hall–Kier alpha value is -0.450. The van der Waals surface area contributed by atoms with Crippen LogP contribution in [0.5, 0.6) is 0 Å². The first kappa shape index (κ1) is 14.0. The van der Waals surface area contributed by atoms with E-state index in [1.54, 1.807) is 11.3 Å². The smallest absolute Gasteiger partial charge is 0.0928 e. The average molecular weight is 267 g/mol. The molecule has 4 heteroatoms. The molecule has 0 bridgehead atoms. The molecule has 1 fully saturated rings. The summed E-state index contributed by atoms with van der Waals surface area (Å²) in [6.45, 7) is 9.91. The lowest BCUT2D eigenvalue weighted by Gasteiger charge is -2.42. The van der Waals surface area contributed by atoms with E-state index in [1.165, 1.54) is 17.1 Å². The second-order valence-electron chi connectivity index (χ2n) is 6.08. The van der Waals surface area contributed by atoms with Crippen molar-refractivity contribution in [3.05, 3.63) is 16.1 Å². The molecule has 1 aliphatic heterocycles. The fraction of sp³-hybridized carbons (Fsp3) is 0.786. The van der Waals surface area contributed by atoms with Gasteiger partial charge in [-0.3, -0.25) is 4.90 Å². The maximum Gasteiger partial charge on any atom is 0.0928 e. The lowest BCUT2D eigenvalue weighted by atomic mass is 9.80.